The highest BCUT2D eigenvalue weighted by atomic mass is 16.5. The van der Waals surface area contributed by atoms with Crippen molar-refractivity contribution >= 4 is 5.91 Å². The molecule has 3 N–H and O–H groups in total. The number of nitrogens with two attached hydrogens (primary N) is 1. The Labute approximate surface area is 116 Å². The van der Waals surface area contributed by atoms with Gasteiger partial charge in [-0.1, -0.05) is 13.8 Å². The molecule has 2 saturated carbocycles. The van der Waals surface area contributed by atoms with E-state index in [0.717, 1.165) is 24.7 Å². The summed E-state index contributed by atoms with van der Waals surface area (Å²) in [5.74, 6) is 1.26. The van der Waals surface area contributed by atoms with Gasteiger partial charge in [-0.25, -0.2) is 0 Å². The number of hydrogen-bond acceptors (Lipinski definition) is 3. The van der Waals surface area contributed by atoms with Crippen molar-refractivity contribution in [3.63, 3.8) is 0 Å². The van der Waals surface area contributed by atoms with E-state index >= 15 is 0 Å². The molecule has 110 valence electrons. The molecule has 0 aliphatic heterocycles. The predicted molar refractivity (Wildman–Crippen MR) is 75.7 cm³/mol. The molecule has 2 aliphatic carbocycles. The molecule has 0 saturated heterocycles. The van der Waals surface area contributed by atoms with Gasteiger partial charge >= 0.3 is 0 Å². The second kappa shape index (κ2) is 6.71. The maximum atomic E-state index is 11.4. The Morgan fingerprint density at radius 3 is 2.42 bits per heavy atom. The van der Waals surface area contributed by atoms with E-state index in [0.29, 0.717) is 25.2 Å². The first-order valence-corrected chi connectivity index (χ1v) is 7.71. The van der Waals surface area contributed by atoms with Gasteiger partial charge in [-0.2, -0.15) is 0 Å². The molecular weight excluding hydrogens is 240 g/mol. The first-order valence-electron chi connectivity index (χ1n) is 7.71. The molecule has 2 aliphatic rings. The lowest BCUT2D eigenvalue weighted by Gasteiger charge is -2.31. The average molecular weight is 268 g/mol. The van der Waals surface area contributed by atoms with Gasteiger partial charge in [0.15, 0.2) is 0 Å². The molecule has 0 bridgehead atoms. The second-order valence-electron chi connectivity index (χ2n) is 6.59. The number of hydrogen-bond donors (Lipinski definition) is 2. The fourth-order valence-corrected chi connectivity index (χ4v) is 3.20. The van der Waals surface area contributed by atoms with E-state index in [1.165, 1.54) is 19.3 Å². The molecule has 1 amide bonds. The lowest BCUT2D eigenvalue weighted by Crippen LogP contribution is -2.43. The standard InChI is InChI=1S/C15H28N2O2/c1-10-7-11(2)9-13(8-10)19-6-5-14(15(16)18)17-12-3-4-12/h10-14,17H,3-9H2,1-2H3,(H2,16,18). The van der Waals surface area contributed by atoms with Crippen LogP contribution in [0.4, 0.5) is 0 Å². The molecule has 0 aromatic rings. The number of ether oxygens (including phenoxy) is 1. The van der Waals surface area contributed by atoms with Gasteiger partial charge in [0.05, 0.1) is 12.1 Å². The van der Waals surface area contributed by atoms with E-state index in [1.807, 2.05) is 0 Å². The third kappa shape index (κ3) is 5.11. The number of primary amides is 1. The first-order chi connectivity index (χ1) is 9.04. The van der Waals surface area contributed by atoms with Crippen molar-refractivity contribution in [2.24, 2.45) is 17.6 Å². The Morgan fingerprint density at radius 2 is 1.89 bits per heavy atom. The van der Waals surface area contributed by atoms with Crippen molar-refractivity contribution in [1.82, 2.24) is 5.32 Å². The Morgan fingerprint density at radius 1 is 1.26 bits per heavy atom. The molecular formula is C15H28N2O2. The molecule has 4 nitrogen and oxygen atoms in total. The second-order valence-corrected chi connectivity index (χ2v) is 6.59. The zero-order valence-corrected chi connectivity index (χ0v) is 12.2. The maximum Gasteiger partial charge on any atom is 0.234 e. The minimum atomic E-state index is -0.249. The van der Waals surface area contributed by atoms with E-state index in [-0.39, 0.29) is 11.9 Å². The molecule has 4 heteroatoms. The Hall–Kier alpha value is -0.610. The summed E-state index contributed by atoms with van der Waals surface area (Å²) >= 11 is 0. The molecule has 0 radical (unpaired) electrons. The summed E-state index contributed by atoms with van der Waals surface area (Å²) in [6.45, 7) is 5.23. The van der Waals surface area contributed by atoms with Gasteiger partial charge in [-0.15, -0.1) is 0 Å². The zero-order chi connectivity index (χ0) is 13.8. The van der Waals surface area contributed by atoms with Crippen molar-refractivity contribution < 1.29 is 9.53 Å². The van der Waals surface area contributed by atoms with Crippen LogP contribution in [0.3, 0.4) is 0 Å². The summed E-state index contributed by atoms with van der Waals surface area (Å²) in [6.07, 6.45) is 7.03. The van der Waals surface area contributed by atoms with E-state index in [4.69, 9.17) is 10.5 Å². The van der Waals surface area contributed by atoms with Gasteiger partial charge in [-0.05, 0) is 50.4 Å². The summed E-state index contributed by atoms with van der Waals surface area (Å²) in [5.41, 5.74) is 5.42. The number of carbonyl (C=O) groups excluding carboxylic acids is 1. The zero-order valence-electron chi connectivity index (χ0n) is 12.2. The van der Waals surface area contributed by atoms with E-state index in [1.54, 1.807) is 0 Å². The Kier molecular flexibility index (Phi) is 5.22. The van der Waals surface area contributed by atoms with Crippen LogP contribution in [0.2, 0.25) is 0 Å². The minimum Gasteiger partial charge on any atom is -0.378 e. The van der Waals surface area contributed by atoms with Crippen molar-refractivity contribution in [1.29, 1.82) is 0 Å². The largest absolute Gasteiger partial charge is 0.378 e. The van der Waals surface area contributed by atoms with Crippen LogP contribution in [0.15, 0.2) is 0 Å². The third-order valence-electron chi connectivity index (χ3n) is 4.25. The van der Waals surface area contributed by atoms with Crippen LogP contribution in [0.25, 0.3) is 0 Å². The highest BCUT2D eigenvalue weighted by molar-refractivity contribution is 5.79. The summed E-state index contributed by atoms with van der Waals surface area (Å²) < 4.78 is 5.96. The number of carbonyl (C=O) groups is 1. The maximum absolute atomic E-state index is 11.4. The SMILES string of the molecule is CC1CC(C)CC(OCCC(NC2CC2)C(N)=O)C1. The van der Waals surface area contributed by atoms with Gasteiger partial charge < -0.3 is 15.8 Å². The normalized spacial score (nSPS) is 33.1. The fraction of sp³-hybridized carbons (Fsp3) is 0.933. The number of rotatable bonds is 7. The molecule has 0 aromatic carbocycles. The Bertz CT molecular complexity index is 295. The van der Waals surface area contributed by atoms with Crippen molar-refractivity contribution in [2.45, 2.75) is 70.6 Å². The topological polar surface area (TPSA) is 64.3 Å². The van der Waals surface area contributed by atoms with Gasteiger partial charge in [0.25, 0.3) is 0 Å². The van der Waals surface area contributed by atoms with Crippen molar-refractivity contribution in [2.75, 3.05) is 6.61 Å². The van der Waals surface area contributed by atoms with Crippen LogP contribution in [-0.4, -0.2) is 30.7 Å². The minimum absolute atomic E-state index is 0.217. The van der Waals surface area contributed by atoms with Gasteiger partial charge in [0, 0.05) is 12.6 Å². The van der Waals surface area contributed by atoms with Crippen LogP contribution >= 0.6 is 0 Å². The number of amides is 1. The van der Waals surface area contributed by atoms with Crippen LogP contribution < -0.4 is 11.1 Å². The van der Waals surface area contributed by atoms with E-state index < -0.39 is 0 Å². The number of nitrogens with one attached hydrogen (secondary N) is 1. The van der Waals surface area contributed by atoms with Crippen LogP contribution in [0, 0.1) is 11.8 Å². The molecule has 3 atom stereocenters. The summed E-state index contributed by atoms with van der Waals surface area (Å²) in [6, 6.07) is 0.290. The lowest BCUT2D eigenvalue weighted by molar-refractivity contribution is -0.120. The highest BCUT2D eigenvalue weighted by Crippen LogP contribution is 2.30. The van der Waals surface area contributed by atoms with Crippen molar-refractivity contribution in [3.05, 3.63) is 0 Å². The molecule has 0 aromatic heterocycles. The molecule has 2 fully saturated rings. The van der Waals surface area contributed by atoms with Gasteiger partial charge in [0.2, 0.25) is 5.91 Å². The van der Waals surface area contributed by atoms with E-state index in [9.17, 15) is 4.79 Å². The molecule has 0 heterocycles. The monoisotopic (exact) mass is 268 g/mol. The van der Waals surface area contributed by atoms with Gasteiger partial charge in [0.1, 0.15) is 0 Å². The molecule has 3 unspecified atom stereocenters. The van der Waals surface area contributed by atoms with Crippen LogP contribution in [-0.2, 0) is 9.53 Å². The predicted octanol–water partition coefficient (Wildman–Crippen LogP) is 1.82. The van der Waals surface area contributed by atoms with Crippen molar-refractivity contribution in [3.8, 4) is 0 Å². The highest BCUT2D eigenvalue weighted by Gasteiger charge is 2.28. The molecule has 2 rings (SSSR count). The lowest BCUT2D eigenvalue weighted by atomic mass is 9.82. The van der Waals surface area contributed by atoms with E-state index in [2.05, 4.69) is 19.2 Å². The summed E-state index contributed by atoms with van der Waals surface area (Å²) in [7, 11) is 0. The van der Waals surface area contributed by atoms with Crippen LogP contribution in [0.1, 0.15) is 52.4 Å². The fourth-order valence-electron chi connectivity index (χ4n) is 3.20. The third-order valence-corrected chi connectivity index (χ3v) is 4.25. The smallest absolute Gasteiger partial charge is 0.234 e. The van der Waals surface area contributed by atoms with Gasteiger partial charge in [-0.3, -0.25) is 4.79 Å². The van der Waals surface area contributed by atoms with Crippen LogP contribution in [0.5, 0.6) is 0 Å². The molecule has 19 heavy (non-hydrogen) atoms. The Balaban J connectivity index is 1.67. The summed E-state index contributed by atoms with van der Waals surface area (Å²) in [4.78, 5) is 11.4. The summed E-state index contributed by atoms with van der Waals surface area (Å²) in [5, 5.41) is 3.29. The first kappa shape index (κ1) is 14.8. The average Bonchev–Trinajstić information content (AvgIpc) is 3.10. The quantitative estimate of drug-likeness (QED) is 0.740. The molecule has 0 spiro atoms.